The number of hydrogen-bond acceptors (Lipinski definition) is 6. The number of anilines is 1. The van der Waals surface area contributed by atoms with Crippen molar-refractivity contribution in [1.82, 2.24) is 19.8 Å². The molecule has 0 radical (unpaired) electrons. The van der Waals surface area contributed by atoms with Gasteiger partial charge in [-0.3, -0.25) is 9.59 Å². The van der Waals surface area contributed by atoms with E-state index in [1.54, 1.807) is 19.4 Å². The summed E-state index contributed by atoms with van der Waals surface area (Å²) < 4.78 is 7.07. The van der Waals surface area contributed by atoms with Crippen LogP contribution in [0, 0.1) is 0 Å². The molecule has 2 fully saturated rings. The summed E-state index contributed by atoms with van der Waals surface area (Å²) in [5.41, 5.74) is -0.108. The van der Waals surface area contributed by atoms with Crippen molar-refractivity contribution in [3.8, 4) is 0 Å². The molecule has 1 amide bonds. The van der Waals surface area contributed by atoms with Crippen molar-refractivity contribution in [1.29, 1.82) is 0 Å². The van der Waals surface area contributed by atoms with Gasteiger partial charge >= 0.3 is 0 Å². The zero-order chi connectivity index (χ0) is 16.4. The Morgan fingerprint density at radius 1 is 1.35 bits per heavy atom. The van der Waals surface area contributed by atoms with Crippen LogP contribution in [0.3, 0.4) is 0 Å². The monoisotopic (exact) mass is 321 g/mol. The molecule has 1 N–H and O–H groups in total. The Kier molecular flexibility index (Phi) is 4.63. The van der Waals surface area contributed by atoms with Gasteiger partial charge in [0.2, 0.25) is 5.91 Å². The first-order chi connectivity index (χ1) is 11.1. The first kappa shape index (κ1) is 15.9. The fourth-order valence-corrected chi connectivity index (χ4v) is 3.05. The molecule has 8 nitrogen and oxygen atoms in total. The Hall–Kier alpha value is -1.93. The zero-order valence-electron chi connectivity index (χ0n) is 13.6. The second kappa shape index (κ2) is 6.67. The second-order valence-corrected chi connectivity index (χ2v) is 5.99. The number of hydrogen-bond donors (Lipinski definition) is 1. The van der Waals surface area contributed by atoms with Crippen LogP contribution in [0.2, 0.25) is 0 Å². The van der Waals surface area contributed by atoms with E-state index >= 15 is 0 Å². The minimum absolute atomic E-state index is 0.0748. The number of carbonyl (C=O) groups is 1. The third-order valence-corrected chi connectivity index (χ3v) is 4.47. The Bertz CT molecular complexity index is 624. The first-order valence-electron chi connectivity index (χ1n) is 7.98. The smallest absolute Gasteiger partial charge is 0.293 e. The van der Waals surface area contributed by atoms with Crippen LogP contribution in [-0.2, 0) is 16.6 Å². The highest BCUT2D eigenvalue weighted by Crippen LogP contribution is 2.12. The molecule has 2 atom stereocenters. The highest BCUT2D eigenvalue weighted by molar-refractivity contribution is 5.83. The van der Waals surface area contributed by atoms with Crippen molar-refractivity contribution in [3.63, 3.8) is 0 Å². The van der Waals surface area contributed by atoms with Crippen LogP contribution in [0.15, 0.2) is 17.2 Å². The maximum atomic E-state index is 12.6. The summed E-state index contributed by atoms with van der Waals surface area (Å²) >= 11 is 0. The van der Waals surface area contributed by atoms with Gasteiger partial charge in [0, 0.05) is 52.2 Å². The number of aryl methyl sites for hydroxylation is 1. The largest absolute Gasteiger partial charge is 0.375 e. The molecule has 0 spiro atoms. The third kappa shape index (κ3) is 3.23. The number of nitrogens with zero attached hydrogens (tertiary/aromatic N) is 4. The van der Waals surface area contributed by atoms with E-state index < -0.39 is 0 Å². The molecule has 126 valence electrons. The molecule has 1 aromatic rings. The Balaban J connectivity index is 1.63. The number of aromatic nitrogens is 2. The lowest BCUT2D eigenvalue weighted by molar-refractivity contribution is -0.139. The molecule has 0 saturated carbocycles. The van der Waals surface area contributed by atoms with Crippen molar-refractivity contribution in [2.45, 2.75) is 19.1 Å². The van der Waals surface area contributed by atoms with Crippen molar-refractivity contribution in [2.75, 3.05) is 44.2 Å². The Morgan fingerprint density at radius 2 is 2.09 bits per heavy atom. The molecule has 0 unspecified atom stereocenters. The molecule has 23 heavy (non-hydrogen) atoms. The number of rotatable bonds is 2. The summed E-state index contributed by atoms with van der Waals surface area (Å²) in [5.74, 6) is 0.528. The van der Waals surface area contributed by atoms with Crippen molar-refractivity contribution in [3.05, 3.63) is 22.7 Å². The van der Waals surface area contributed by atoms with E-state index in [1.807, 2.05) is 16.7 Å². The molecule has 0 aliphatic carbocycles. The summed E-state index contributed by atoms with van der Waals surface area (Å²) in [6, 6.07) is -0.280. The molecular weight excluding hydrogens is 298 g/mol. The van der Waals surface area contributed by atoms with Gasteiger partial charge in [-0.1, -0.05) is 0 Å². The van der Waals surface area contributed by atoms with Crippen molar-refractivity contribution >= 4 is 11.7 Å². The standard InChI is InChI=1S/C15H23N5O3/c1-11-12(16-4-10-23-11)14(21)20-8-6-19(7-9-20)13-15(22)18(2)5-3-17-13/h3,5,11-12,16H,4,6-10H2,1-2H3/t11-,12+/m1/s1. The quantitative estimate of drug-likeness (QED) is 0.738. The zero-order valence-corrected chi connectivity index (χ0v) is 13.6. The SMILES string of the molecule is C[C@H]1OCCN[C@@H]1C(=O)N1CCN(c2nccn(C)c2=O)CC1. The number of nitrogens with one attached hydrogen (secondary N) is 1. The lowest BCUT2D eigenvalue weighted by Gasteiger charge is -2.39. The van der Waals surface area contributed by atoms with Crippen LogP contribution in [-0.4, -0.2) is 71.8 Å². The number of morpholine rings is 1. The Labute approximate surface area is 135 Å². The van der Waals surface area contributed by atoms with E-state index in [2.05, 4.69) is 10.3 Å². The van der Waals surface area contributed by atoms with Gasteiger partial charge in [-0.05, 0) is 6.92 Å². The molecule has 1 aromatic heterocycles. The van der Waals surface area contributed by atoms with Gasteiger partial charge in [-0.2, -0.15) is 0 Å². The van der Waals surface area contributed by atoms with E-state index in [0.717, 1.165) is 0 Å². The van der Waals surface area contributed by atoms with E-state index in [1.165, 1.54) is 4.57 Å². The highest BCUT2D eigenvalue weighted by Gasteiger charge is 2.33. The van der Waals surface area contributed by atoms with E-state index in [-0.39, 0.29) is 23.6 Å². The number of amides is 1. The van der Waals surface area contributed by atoms with Crippen LogP contribution in [0.1, 0.15) is 6.92 Å². The minimum Gasteiger partial charge on any atom is -0.375 e. The average molecular weight is 321 g/mol. The topological polar surface area (TPSA) is 79.7 Å². The van der Waals surface area contributed by atoms with E-state index in [0.29, 0.717) is 45.1 Å². The summed E-state index contributed by atoms with van der Waals surface area (Å²) in [7, 11) is 1.71. The maximum Gasteiger partial charge on any atom is 0.293 e. The normalized spacial score (nSPS) is 25.5. The molecule has 3 heterocycles. The van der Waals surface area contributed by atoms with Crippen molar-refractivity contribution < 1.29 is 9.53 Å². The minimum atomic E-state index is -0.280. The molecule has 8 heteroatoms. The second-order valence-electron chi connectivity index (χ2n) is 5.99. The Morgan fingerprint density at radius 3 is 2.78 bits per heavy atom. The van der Waals surface area contributed by atoms with Crippen molar-refractivity contribution in [2.24, 2.45) is 7.05 Å². The highest BCUT2D eigenvalue weighted by atomic mass is 16.5. The molecular formula is C15H23N5O3. The van der Waals surface area contributed by atoms with Crippen LogP contribution in [0.4, 0.5) is 5.82 Å². The van der Waals surface area contributed by atoms with Crippen LogP contribution in [0.25, 0.3) is 0 Å². The van der Waals surface area contributed by atoms with Gasteiger partial charge in [-0.15, -0.1) is 0 Å². The number of piperazine rings is 1. The average Bonchev–Trinajstić information content (AvgIpc) is 2.57. The third-order valence-electron chi connectivity index (χ3n) is 4.47. The fraction of sp³-hybridized carbons (Fsp3) is 0.667. The predicted molar refractivity (Wildman–Crippen MR) is 85.5 cm³/mol. The summed E-state index contributed by atoms with van der Waals surface area (Å²) in [5, 5.41) is 3.23. The summed E-state index contributed by atoms with van der Waals surface area (Å²) in [6.45, 7) is 5.65. The number of carbonyl (C=O) groups excluding carboxylic acids is 1. The van der Waals surface area contributed by atoms with Crippen LogP contribution in [0.5, 0.6) is 0 Å². The van der Waals surface area contributed by atoms with Crippen LogP contribution < -0.4 is 15.8 Å². The molecule has 2 aliphatic heterocycles. The molecule has 0 aromatic carbocycles. The van der Waals surface area contributed by atoms with E-state index in [9.17, 15) is 9.59 Å². The molecule has 0 bridgehead atoms. The maximum absolute atomic E-state index is 12.6. The lowest BCUT2D eigenvalue weighted by atomic mass is 10.1. The fourth-order valence-electron chi connectivity index (χ4n) is 3.05. The number of ether oxygens (including phenoxy) is 1. The van der Waals surface area contributed by atoms with Gasteiger partial charge in [0.15, 0.2) is 5.82 Å². The van der Waals surface area contributed by atoms with Gasteiger partial charge in [-0.25, -0.2) is 4.98 Å². The van der Waals surface area contributed by atoms with Gasteiger partial charge in [0.1, 0.15) is 6.04 Å². The lowest BCUT2D eigenvalue weighted by Crippen LogP contribution is -2.60. The summed E-state index contributed by atoms with van der Waals surface area (Å²) in [4.78, 5) is 32.7. The van der Waals surface area contributed by atoms with Gasteiger partial charge < -0.3 is 24.4 Å². The molecule has 2 aliphatic rings. The van der Waals surface area contributed by atoms with Gasteiger partial charge in [0.05, 0.1) is 12.7 Å². The first-order valence-corrected chi connectivity index (χ1v) is 7.98. The van der Waals surface area contributed by atoms with Gasteiger partial charge in [0.25, 0.3) is 5.56 Å². The van der Waals surface area contributed by atoms with Crippen LogP contribution >= 0.6 is 0 Å². The molecule has 2 saturated heterocycles. The predicted octanol–water partition coefficient (Wildman–Crippen LogP) is -1.19. The van der Waals surface area contributed by atoms with E-state index in [4.69, 9.17) is 4.74 Å². The summed E-state index contributed by atoms with van der Waals surface area (Å²) in [6.07, 6.45) is 3.15. The molecule has 3 rings (SSSR count).